The molecule has 0 amide bonds. The third-order valence-electron chi connectivity index (χ3n) is 4.30. The molecule has 0 aromatic heterocycles. The number of anilines is 1. The summed E-state index contributed by atoms with van der Waals surface area (Å²) < 4.78 is 46.6. The fourth-order valence-electron chi connectivity index (χ4n) is 2.69. The van der Waals surface area contributed by atoms with Crippen LogP contribution in [0.25, 0.3) is 0 Å². The largest absolute Gasteiger partial charge is 0.451 e. The third-order valence-corrected chi connectivity index (χ3v) is 6.21. The lowest BCUT2D eigenvalue weighted by Gasteiger charge is -2.15. The smallest absolute Gasteiger partial charge is 0.340 e. The number of benzene rings is 3. The van der Waals surface area contributed by atoms with Crippen molar-refractivity contribution in [3.63, 3.8) is 0 Å². The van der Waals surface area contributed by atoms with Crippen LogP contribution in [-0.4, -0.2) is 26.3 Å². The number of esters is 1. The average Bonchev–Trinajstić information content (AvgIpc) is 2.74. The molecule has 6 nitrogen and oxygen atoms in total. The Morgan fingerprint density at radius 3 is 2.23 bits per heavy atom. The minimum absolute atomic E-state index is 0.0277. The van der Waals surface area contributed by atoms with Crippen molar-refractivity contribution in [1.82, 2.24) is 0 Å². The maximum atomic E-state index is 13.1. The van der Waals surface area contributed by atoms with Gasteiger partial charge in [0.05, 0.1) is 16.1 Å². The lowest BCUT2D eigenvalue weighted by atomic mass is 10.1. The molecule has 160 valence electrons. The molecule has 0 fully saturated rings. The van der Waals surface area contributed by atoms with Crippen LogP contribution in [0.3, 0.4) is 0 Å². The number of sulfonamides is 1. The van der Waals surface area contributed by atoms with E-state index in [4.69, 9.17) is 4.74 Å². The molecule has 0 heterocycles. The first-order chi connectivity index (χ1) is 14.7. The van der Waals surface area contributed by atoms with Crippen molar-refractivity contribution in [3.05, 3.63) is 94.2 Å². The summed E-state index contributed by atoms with van der Waals surface area (Å²) in [7, 11) is -4.07. The molecule has 0 radical (unpaired) electrons. The number of hydrogen-bond donors (Lipinski definition) is 1. The topological polar surface area (TPSA) is 89.5 Å². The van der Waals surface area contributed by atoms with Gasteiger partial charge in [-0.05, 0) is 55.5 Å². The van der Waals surface area contributed by atoms with Crippen LogP contribution in [0.4, 0.5) is 10.1 Å². The van der Waals surface area contributed by atoms with Crippen LogP contribution in [0.1, 0.15) is 27.6 Å². The first-order valence-electron chi connectivity index (χ1n) is 9.05. The van der Waals surface area contributed by atoms with Crippen molar-refractivity contribution in [1.29, 1.82) is 0 Å². The fourth-order valence-corrected chi connectivity index (χ4v) is 4.04. The van der Waals surface area contributed by atoms with Crippen LogP contribution in [0.15, 0.2) is 82.2 Å². The van der Waals surface area contributed by atoms with Crippen LogP contribution >= 0.6 is 15.9 Å². The zero-order chi connectivity index (χ0) is 22.6. The minimum Gasteiger partial charge on any atom is -0.451 e. The summed E-state index contributed by atoms with van der Waals surface area (Å²) in [4.78, 5) is 25.0. The number of nitrogens with one attached hydrogen (secondary N) is 1. The van der Waals surface area contributed by atoms with Gasteiger partial charge in [-0.25, -0.2) is 17.6 Å². The maximum absolute atomic E-state index is 13.1. The molecule has 3 aromatic carbocycles. The average molecular weight is 506 g/mol. The summed E-state index contributed by atoms with van der Waals surface area (Å²) in [6.45, 7) is 1.44. The van der Waals surface area contributed by atoms with Crippen LogP contribution < -0.4 is 4.72 Å². The molecule has 1 N–H and O–H groups in total. The fraction of sp³-hybridized carbons (Fsp3) is 0.0909. The number of carbonyl (C=O) groups is 2. The maximum Gasteiger partial charge on any atom is 0.340 e. The Balaban J connectivity index is 1.79. The van der Waals surface area contributed by atoms with E-state index < -0.39 is 33.7 Å². The Hall–Kier alpha value is -3.04. The zero-order valence-corrected chi connectivity index (χ0v) is 18.6. The predicted molar refractivity (Wildman–Crippen MR) is 117 cm³/mol. The van der Waals surface area contributed by atoms with Crippen molar-refractivity contribution in [3.8, 4) is 0 Å². The highest BCUT2D eigenvalue weighted by atomic mass is 79.9. The molecule has 31 heavy (non-hydrogen) atoms. The monoisotopic (exact) mass is 505 g/mol. The van der Waals surface area contributed by atoms with Crippen molar-refractivity contribution < 1.29 is 27.1 Å². The quantitative estimate of drug-likeness (QED) is 0.367. The van der Waals surface area contributed by atoms with E-state index in [-0.39, 0.29) is 16.1 Å². The van der Waals surface area contributed by atoms with Crippen molar-refractivity contribution >= 4 is 43.4 Å². The van der Waals surface area contributed by atoms with E-state index in [0.717, 1.165) is 28.7 Å². The molecule has 0 spiro atoms. The van der Waals surface area contributed by atoms with Gasteiger partial charge in [0.15, 0.2) is 6.10 Å². The molecule has 0 aliphatic rings. The summed E-state index contributed by atoms with van der Waals surface area (Å²) in [6, 6.07) is 16.7. The van der Waals surface area contributed by atoms with Crippen molar-refractivity contribution in [2.24, 2.45) is 0 Å². The molecule has 3 aromatic rings. The SMILES string of the molecule is C[C@@H](OC(=O)c1ccccc1NS(=O)(=O)c1ccc(F)cc1)C(=O)c1ccc(Br)cc1. The van der Waals surface area contributed by atoms with E-state index in [1.807, 2.05) is 0 Å². The Kier molecular flexibility index (Phi) is 6.87. The third kappa shape index (κ3) is 5.56. The van der Waals surface area contributed by atoms with Gasteiger partial charge in [-0.2, -0.15) is 0 Å². The predicted octanol–water partition coefficient (Wildman–Crippen LogP) is 4.82. The van der Waals surface area contributed by atoms with Gasteiger partial charge >= 0.3 is 5.97 Å². The normalized spacial score (nSPS) is 12.1. The molecular weight excluding hydrogens is 489 g/mol. The molecule has 0 aliphatic carbocycles. The summed E-state index contributed by atoms with van der Waals surface area (Å²) in [5, 5.41) is 0. The van der Waals surface area contributed by atoms with Crippen molar-refractivity contribution in [2.45, 2.75) is 17.9 Å². The number of para-hydroxylation sites is 1. The van der Waals surface area contributed by atoms with Gasteiger partial charge in [0.2, 0.25) is 5.78 Å². The van der Waals surface area contributed by atoms with Gasteiger partial charge in [-0.15, -0.1) is 0 Å². The first kappa shape index (κ1) is 22.6. The number of halogens is 2. The minimum atomic E-state index is -4.07. The summed E-state index contributed by atoms with van der Waals surface area (Å²) in [6.07, 6.45) is -1.09. The second kappa shape index (κ2) is 9.40. The van der Waals surface area contributed by atoms with Gasteiger partial charge in [-0.3, -0.25) is 9.52 Å². The molecule has 0 unspecified atom stereocenters. The number of hydrogen-bond acceptors (Lipinski definition) is 5. The number of ether oxygens (including phenoxy) is 1. The Morgan fingerprint density at radius 2 is 1.58 bits per heavy atom. The molecule has 0 saturated carbocycles. The molecular formula is C22H17BrFNO5S. The summed E-state index contributed by atoms with van der Waals surface area (Å²) in [5.41, 5.74) is 0.276. The molecule has 9 heteroatoms. The van der Waals surface area contributed by atoms with E-state index in [0.29, 0.717) is 5.56 Å². The first-order valence-corrected chi connectivity index (χ1v) is 11.3. The second-order valence-corrected chi connectivity index (χ2v) is 9.12. The van der Waals surface area contributed by atoms with E-state index in [1.165, 1.54) is 31.2 Å². The van der Waals surface area contributed by atoms with Gasteiger partial charge < -0.3 is 4.74 Å². The standard InChI is InChI=1S/C22H17BrFNO5S/c1-14(21(26)15-6-8-16(23)9-7-15)30-22(27)19-4-2-3-5-20(19)25-31(28,29)18-12-10-17(24)11-13-18/h2-14,25H,1H3/t14-/m1/s1. The Bertz CT molecular complexity index is 1210. The molecule has 0 bridgehead atoms. The molecule has 0 saturated heterocycles. The summed E-state index contributed by atoms with van der Waals surface area (Å²) in [5.74, 6) is -1.84. The van der Waals surface area contributed by atoms with Gasteiger partial charge in [0, 0.05) is 10.0 Å². The molecule has 1 atom stereocenters. The lowest BCUT2D eigenvalue weighted by molar-refractivity contribution is 0.0320. The molecule has 0 aliphatic heterocycles. The highest BCUT2D eigenvalue weighted by molar-refractivity contribution is 9.10. The van der Waals surface area contributed by atoms with Crippen molar-refractivity contribution in [2.75, 3.05) is 4.72 Å². The van der Waals surface area contributed by atoms with Crippen LogP contribution in [0.5, 0.6) is 0 Å². The Morgan fingerprint density at radius 1 is 0.968 bits per heavy atom. The molecule has 3 rings (SSSR count). The Labute approximate surface area is 187 Å². The highest BCUT2D eigenvalue weighted by Crippen LogP contribution is 2.22. The van der Waals surface area contributed by atoms with E-state index in [2.05, 4.69) is 20.7 Å². The lowest BCUT2D eigenvalue weighted by Crippen LogP contribution is -2.25. The number of rotatable bonds is 7. The van der Waals surface area contributed by atoms with Gasteiger partial charge in [0.25, 0.3) is 10.0 Å². The van der Waals surface area contributed by atoms with E-state index in [9.17, 15) is 22.4 Å². The highest BCUT2D eigenvalue weighted by Gasteiger charge is 2.24. The van der Waals surface area contributed by atoms with Gasteiger partial charge in [-0.1, -0.05) is 40.2 Å². The summed E-state index contributed by atoms with van der Waals surface area (Å²) >= 11 is 3.28. The van der Waals surface area contributed by atoms with Crippen LogP contribution in [0.2, 0.25) is 0 Å². The van der Waals surface area contributed by atoms with Crippen LogP contribution in [0, 0.1) is 5.82 Å². The number of carbonyl (C=O) groups excluding carboxylic acids is 2. The van der Waals surface area contributed by atoms with Gasteiger partial charge in [0.1, 0.15) is 5.82 Å². The number of Topliss-reactive ketones (excluding diaryl/α,β-unsaturated/α-hetero) is 1. The van der Waals surface area contributed by atoms with E-state index in [1.54, 1.807) is 24.3 Å². The van der Waals surface area contributed by atoms with Crippen LogP contribution in [-0.2, 0) is 14.8 Å². The van der Waals surface area contributed by atoms with E-state index >= 15 is 0 Å². The zero-order valence-electron chi connectivity index (χ0n) is 16.2. The second-order valence-electron chi connectivity index (χ2n) is 6.52. The number of ketones is 1.